The van der Waals surface area contributed by atoms with Gasteiger partial charge < -0.3 is 15.7 Å². The van der Waals surface area contributed by atoms with Crippen LogP contribution in [0.5, 0.6) is 0 Å². The van der Waals surface area contributed by atoms with Crippen LogP contribution in [0.1, 0.15) is 33.1 Å². The maximum absolute atomic E-state index is 11.8. The Morgan fingerprint density at radius 1 is 1.30 bits per heavy atom. The lowest BCUT2D eigenvalue weighted by Crippen LogP contribution is -2.52. The van der Waals surface area contributed by atoms with Gasteiger partial charge in [-0.25, -0.2) is 18.0 Å². The first-order chi connectivity index (χ1) is 9.25. The third-order valence-corrected chi connectivity index (χ3v) is 5.37. The Labute approximate surface area is 119 Å². The summed E-state index contributed by atoms with van der Waals surface area (Å²) in [5.41, 5.74) is 0. The maximum atomic E-state index is 11.8. The number of hydrogen-bond donors (Lipinski definition) is 3. The average molecular weight is 306 g/mol. The van der Waals surface area contributed by atoms with Crippen molar-refractivity contribution in [3.05, 3.63) is 0 Å². The van der Waals surface area contributed by atoms with E-state index in [9.17, 15) is 18.0 Å². The summed E-state index contributed by atoms with van der Waals surface area (Å²) in [6.45, 7) is 3.61. The fraction of sp³-hybridized carbons (Fsp3) is 0.833. The summed E-state index contributed by atoms with van der Waals surface area (Å²) in [7, 11) is -2.97. The Kier molecular flexibility index (Phi) is 5.79. The van der Waals surface area contributed by atoms with Crippen molar-refractivity contribution in [3.8, 4) is 0 Å². The van der Waals surface area contributed by atoms with Crippen LogP contribution in [0.25, 0.3) is 0 Å². The molecule has 0 aliphatic carbocycles. The molecule has 0 saturated carbocycles. The summed E-state index contributed by atoms with van der Waals surface area (Å²) in [6, 6.07) is -1.71. The van der Waals surface area contributed by atoms with Gasteiger partial charge in [0.1, 0.15) is 15.9 Å². The molecule has 7 nitrogen and oxygen atoms in total. The van der Waals surface area contributed by atoms with Crippen LogP contribution in [0.15, 0.2) is 0 Å². The lowest BCUT2D eigenvalue weighted by Gasteiger charge is -2.25. The van der Waals surface area contributed by atoms with Crippen molar-refractivity contribution in [2.75, 3.05) is 11.5 Å². The Bertz CT molecular complexity index is 448. The highest BCUT2D eigenvalue weighted by molar-refractivity contribution is 7.91. The van der Waals surface area contributed by atoms with Crippen LogP contribution in [0.4, 0.5) is 4.79 Å². The van der Waals surface area contributed by atoms with Gasteiger partial charge in [-0.1, -0.05) is 20.3 Å². The predicted molar refractivity (Wildman–Crippen MR) is 74.2 cm³/mol. The minimum Gasteiger partial charge on any atom is -0.480 e. The summed E-state index contributed by atoms with van der Waals surface area (Å²) < 4.78 is 22.5. The number of carbonyl (C=O) groups is 2. The number of carboxylic acids is 1. The summed E-state index contributed by atoms with van der Waals surface area (Å²) in [5, 5.41) is 14.2. The summed E-state index contributed by atoms with van der Waals surface area (Å²) in [5.74, 6) is -1.12. The van der Waals surface area contributed by atoms with E-state index in [1.165, 1.54) is 0 Å². The number of carbonyl (C=O) groups excluding carboxylic acids is 1. The molecule has 2 amide bonds. The Balaban J connectivity index is 2.48. The van der Waals surface area contributed by atoms with Crippen LogP contribution >= 0.6 is 0 Å². The number of carboxylic acid groups (broad SMARTS) is 1. The Morgan fingerprint density at radius 3 is 2.30 bits per heavy atom. The number of sulfone groups is 1. The second-order valence-corrected chi connectivity index (χ2v) is 7.55. The molecule has 0 radical (unpaired) electrons. The van der Waals surface area contributed by atoms with Crippen LogP contribution in [0, 0.1) is 5.92 Å². The zero-order valence-corrected chi connectivity index (χ0v) is 12.6. The standard InChI is InChI=1S/C12H22N2O5S/c1-3-8(2)10(11(15)16)14-12(17)13-9-4-6-20(18,19)7-5-9/h8-10H,3-7H2,1-2H3,(H,15,16)(H2,13,14,17). The van der Waals surface area contributed by atoms with Crippen molar-refractivity contribution >= 4 is 21.8 Å². The first-order valence-electron chi connectivity index (χ1n) is 6.75. The van der Waals surface area contributed by atoms with E-state index in [4.69, 9.17) is 5.11 Å². The van der Waals surface area contributed by atoms with E-state index in [1.807, 2.05) is 6.92 Å². The van der Waals surface area contributed by atoms with Gasteiger partial charge in [0.15, 0.2) is 0 Å². The molecule has 8 heteroatoms. The number of rotatable bonds is 5. The van der Waals surface area contributed by atoms with Gasteiger partial charge in [-0.05, 0) is 18.8 Å². The van der Waals surface area contributed by atoms with E-state index in [0.29, 0.717) is 19.3 Å². The minimum absolute atomic E-state index is 0.0612. The molecule has 1 aliphatic rings. The van der Waals surface area contributed by atoms with Gasteiger partial charge in [0.25, 0.3) is 0 Å². The third kappa shape index (κ3) is 4.99. The highest BCUT2D eigenvalue weighted by Crippen LogP contribution is 2.12. The van der Waals surface area contributed by atoms with Crippen molar-refractivity contribution in [3.63, 3.8) is 0 Å². The van der Waals surface area contributed by atoms with Crippen LogP contribution in [0.2, 0.25) is 0 Å². The van der Waals surface area contributed by atoms with E-state index >= 15 is 0 Å². The van der Waals surface area contributed by atoms with E-state index in [2.05, 4.69) is 10.6 Å². The Morgan fingerprint density at radius 2 is 1.85 bits per heavy atom. The van der Waals surface area contributed by atoms with Crippen molar-refractivity contribution in [2.24, 2.45) is 5.92 Å². The molecule has 116 valence electrons. The highest BCUT2D eigenvalue weighted by atomic mass is 32.2. The van der Waals surface area contributed by atoms with Gasteiger partial charge in [-0.15, -0.1) is 0 Å². The summed E-state index contributed by atoms with van der Waals surface area (Å²) in [4.78, 5) is 22.9. The van der Waals surface area contributed by atoms with Crippen LogP contribution < -0.4 is 10.6 Å². The molecule has 0 aromatic heterocycles. The molecule has 1 rings (SSSR count). The number of hydrogen-bond acceptors (Lipinski definition) is 4. The van der Waals surface area contributed by atoms with Crippen molar-refractivity contribution in [1.29, 1.82) is 0 Å². The van der Waals surface area contributed by atoms with E-state index in [1.54, 1.807) is 6.92 Å². The molecule has 3 N–H and O–H groups in total. The van der Waals surface area contributed by atoms with Crippen molar-refractivity contribution < 1.29 is 23.1 Å². The molecular weight excluding hydrogens is 284 g/mol. The molecule has 0 aromatic carbocycles. The molecule has 20 heavy (non-hydrogen) atoms. The third-order valence-electron chi connectivity index (χ3n) is 3.66. The summed E-state index contributed by atoms with van der Waals surface area (Å²) >= 11 is 0. The fourth-order valence-electron chi connectivity index (χ4n) is 2.09. The lowest BCUT2D eigenvalue weighted by molar-refractivity contribution is -0.140. The molecule has 0 bridgehead atoms. The first kappa shape index (κ1) is 16.7. The number of urea groups is 1. The first-order valence-corrected chi connectivity index (χ1v) is 8.57. The molecule has 2 atom stereocenters. The van der Waals surface area contributed by atoms with E-state index in [-0.39, 0.29) is 23.5 Å². The van der Waals surface area contributed by atoms with Crippen LogP contribution in [-0.4, -0.2) is 49.1 Å². The fourth-order valence-corrected chi connectivity index (χ4v) is 3.58. The van der Waals surface area contributed by atoms with Gasteiger partial charge >= 0.3 is 12.0 Å². The van der Waals surface area contributed by atoms with E-state index in [0.717, 1.165) is 0 Å². The number of aliphatic carboxylic acids is 1. The topological polar surface area (TPSA) is 113 Å². The predicted octanol–water partition coefficient (Wildman–Crippen LogP) is 0.362. The minimum atomic E-state index is -2.97. The second-order valence-electron chi connectivity index (χ2n) is 5.25. The smallest absolute Gasteiger partial charge is 0.326 e. The Hall–Kier alpha value is -1.31. The van der Waals surface area contributed by atoms with Crippen LogP contribution in [0.3, 0.4) is 0 Å². The maximum Gasteiger partial charge on any atom is 0.326 e. The molecule has 0 spiro atoms. The van der Waals surface area contributed by atoms with Crippen molar-refractivity contribution in [1.82, 2.24) is 10.6 Å². The quantitative estimate of drug-likeness (QED) is 0.679. The van der Waals surface area contributed by atoms with Gasteiger partial charge in [0.2, 0.25) is 0 Å². The number of nitrogens with one attached hydrogen (secondary N) is 2. The van der Waals surface area contributed by atoms with Gasteiger partial charge in [-0.2, -0.15) is 0 Å². The zero-order valence-electron chi connectivity index (χ0n) is 11.8. The van der Waals surface area contributed by atoms with Crippen LogP contribution in [-0.2, 0) is 14.6 Å². The van der Waals surface area contributed by atoms with Crippen molar-refractivity contribution in [2.45, 2.75) is 45.2 Å². The average Bonchev–Trinajstić information content (AvgIpc) is 2.37. The monoisotopic (exact) mass is 306 g/mol. The normalized spacial score (nSPS) is 21.7. The zero-order chi connectivity index (χ0) is 15.3. The molecular formula is C12H22N2O5S. The van der Waals surface area contributed by atoms with Gasteiger partial charge in [0.05, 0.1) is 11.5 Å². The number of amides is 2. The van der Waals surface area contributed by atoms with Gasteiger partial charge in [-0.3, -0.25) is 0 Å². The summed E-state index contributed by atoms with van der Waals surface area (Å²) in [6.07, 6.45) is 1.38. The lowest BCUT2D eigenvalue weighted by atomic mass is 9.99. The SMILES string of the molecule is CCC(C)C(NC(=O)NC1CCS(=O)(=O)CC1)C(=O)O. The highest BCUT2D eigenvalue weighted by Gasteiger charge is 2.28. The molecule has 1 fully saturated rings. The largest absolute Gasteiger partial charge is 0.480 e. The molecule has 1 heterocycles. The molecule has 1 aliphatic heterocycles. The second kappa shape index (κ2) is 6.92. The molecule has 1 saturated heterocycles. The van der Waals surface area contributed by atoms with E-state index < -0.39 is 27.9 Å². The van der Waals surface area contributed by atoms with Gasteiger partial charge in [0, 0.05) is 6.04 Å². The molecule has 0 aromatic rings. The molecule has 2 unspecified atom stereocenters.